The minimum absolute atomic E-state index is 0.141. The SMILES string of the molecule is Oc1cccc(-c2cccc3[nH]nnc23)c1Cc1c(O)cccc1-c1cccc2[nH]nnc12. The summed E-state index contributed by atoms with van der Waals surface area (Å²) in [5, 5.41) is 43.8. The summed E-state index contributed by atoms with van der Waals surface area (Å²) in [4.78, 5) is 0. The first-order valence-electron chi connectivity index (χ1n) is 10.4. The van der Waals surface area contributed by atoms with Crippen molar-refractivity contribution < 1.29 is 10.2 Å². The first-order valence-corrected chi connectivity index (χ1v) is 10.4. The van der Waals surface area contributed by atoms with Crippen LogP contribution in [-0.4, -0.2) is 41.0 Å². The Bertz CT molecular complexity index is 1510. The van der Waals surface area contributed by atoms with Gasteiger partial charge in [-0.1, -0.05) is 59.0 Å². The first kappa shape index (κ1) is 19.0. The summed E-state index contributed by atoms with van der Waals surface area (Å²) in [5.41, 5.74) is 7.76. The molecule has 8 heteroatoms. The number of benzene rings is 4. The van der Waals surface area contributed by atoms with Gasteiger partial charge in [-0.05, 0) is 35.4 Å². The normalized spacial score (nSPS) is 11.4. The van der Waals surface area contributed by atoms with Crippen molar-refractivity contribution in [3.63, 3.8) is 0 Å². The number of aromatic nitrogens is 6. The van der Waals surface area contributed by atoms with E-state index in [0.29, 0.717) is 28.6 Å². The van der Waals surface area contributed by atoms with Crippen LogP contribution < -0.4 is 0 Å². The van der Waals surface area contributed by atoms with Crippen LogP contribution >= 0.6 is 0 Å². The van der Waals surface area contributed by atoms with Crippen molar-refractivity contribution in [3.8, 4) is 33.8 Å². The number of phenols is 2. The molecule has 0 saturated heterocycles. The average Bonchev–Trinajstić information content (AvgIpc) is 3.50. The molecule has 0 aliphatic carbocycles. The van der Waals surface area contributed by atoms with Crippen molar-refractivity contribution >= 4 is 22.1 Å². The van der Waals surface area contributed by atoms with Crippen molar-refractivity contribution in [2.45, 2.75) is 6.42 Å². The Morgan fingerprint density at radius 3 is 1.45 bits per heavy atom. The molecule has 33 heavy (non-hydrogen) atoms. The molecule has 0 bridgehead atoms. The Kier molecular flexibility index (Phi) is 4.29. The Morgan fingerprint density at radius 2 is 0.970 bits per heavy atom. The maximum Gasteiger partial charge on any atom is 0.120 e. The number of phenolic OH excluding ortho intramolecular Hbond substituents is 2. The molecule has 4 N–H and O–H groups in total. The van der Waals surface area contributed by atoms with Crippen LogP contribution in [-0.2, 0) is 6.42 Å². The number of aromatic hydroxyl groups is 2. The zero-order valence-corrected chi connectivity index (χ0v) is 17.3. The number of H-pyrrole nitrogens is 2. The Labute approximate surface area is 187 Å². The van der Waals surface area contributed by atoms with Crippen molar-refractivity contribution in [1.82, 2.24) is 30.8 Å². The van der Waals surface area contributed by atoms with Crippen LogP contribution in [0, 0.1) is 0 Å². The van der Waals surface area contributed by atoms with Gasteiger partial charge in [0.2, 0.25) is 0 Å². The number of rotatable bonds is 4. The van der Waals surface area contributed by atoms with Gasteiger partial charge in [-0.15, -0.1) is 10.2 Å². The number of hydrogen-bond acceptors (Lipinski definition) is 6. The molecule has 2 heterocycles. The molecule has 0 fully saturated rings. The topological polar surface area (TPSA) is 124 Å². The lowest BCUT2D eigenvalue weighted by atomic mass is 9.89. The van der Waals surface area contributed by atoms with Gasteiger partial charge in [0.1, 0.15) is 22.5 Å². The highest BCUT2D eigenvalue weighted by atomic mass is 16.3. The van der Waals surface area contributed by atoms with E-state index in [2.05, 4.69) is 30.8 Å². The van der Waals surface area contributed by atoms with E-state index in [1.807, 2.05) is 48.5 Å². The van der Waals surface area contributed by atoms with E-state index in [0.717, 1.165) is 33.3 Å². The lowest BCUT2D eigenvalue weighted by Crippen LogP contribution is -1.97. The highest BCUT2D eigenvalue weighted by molar-refractivity contribution is 5.94. The Hall–Kier alpha value is -4.72. The second kappa shape index (κ2) is 7.45. The van der Waals surface area contributed by atoms with Crippen LogP contribution in [0.5, 0.6) is 11.5 Å². The fraction of sp³-hybridized carbons (Fsp3) is 0.0400. The fourth-order valence-electron chi connectivity index (χ4n) is 4.38. The van der Waals surface area contributed by atoms with Crippen LogP contribution in [0.1, 0.15) is 11.1 Å². The van der Waals surface area contributed by atoms with Gasteiger partial charge in [0.25, 0.3) is 0 Å². The molecule has 0 saturated carbocycles. The molecule has 0 aliphatic heterocycles. The van der Waals surface area contributed by atoms with E-state index in [-0.39, 0.29) is 11.5 Å². The number of nitrogens with zero attached hydrogens (tertiary/aromatic N) is 4. The summed E-state index contributed by atoms with van der Waals surface area (Å²) in [6.07, 6.45) is 0.298. The fourth-order valence-corrected chi connectivity index (χ4v) is 4.38. The van der Waals surface area contributed by atoms with E-state index in [1.54, 1.807) is 24.3 Å². The third-order valence-corrected chi connectivity index (χ3v) is 5.95. The van der Waals surface area contributed by atoms with Gasteiger partial charge in [0.05, 0.1) is 11.0 Å². The molecule has 0 spiro atoms. The second-order valence-corrected chi connectivity index (χ2v) is 7.81. The molecule has 8 nitrogen and oxygen atoms in total. The van der Waals surface area contributed by atoms with Gasteiger partial charge in [0.15, 0.2) is 0 Å². The van der Waals surface area contributed by atoms with Gasteiger partial charge < -0.3 is 10.2 Å². The third-order valence-electron chi connectivity index (χ3n) is 5.95. The number of nitrogens with one attached hydrogen (secondary N) is 2. The van der Waals surface area contributed by atoms with Gasteiger partial charge >= 0.3 is 0 Å². The molecule has 0 radical (unpaired) electrons. The predicted molar refractivity (Wildman–Crippen MR) is 125 cm³/mol. The monoisotopic (exact) mass is 434 g/mol. The molecule has 6 rings (SSSR count). The van der Waals surface area contributed by atoms with Crippen molar-refractivity contribution in [1.29, 1.82) is 0 Å². The summed E-state index contributed by atoms with van der Waals surface area (Å²) in [6, 6.07) is 22.3. The van der Waals surface area contributed by atoms with Crippen molar-refractivity contribution in [2.75, 3.05) is 0 Å². The van der Waals surface area contributed by atoms with Gasteiger partial charge in [-0.3, -0.25) is 10.2 Å². The Balaban J connectivity index is 1.55. The van der Waals surface area contributed by atoms with Gasteiger partial charge in [-0.25, -0.2) is 0 Å². The van der Waals surface area contributed by atoms with Crippen LogP contribution in [0.15, 0.2) is 72.8 Å². The van der Waals surface area contributed by atoms with Crippen LogP contribution in [0.3, 0.4) is 0 Å². The lowest BCUT2D eigenvalue weighted by molar-refractivity contribution is 0.463. The maximum absolute atomic E-state index is 10.9. The molecule has 2 aromatic heterocycles. The van der Waals surface area contributed by atoms with E-state index >= 15 is 0 Å². The molecule has 0 amide bonds. The molecular formula is C25H18N6O2. The van der Waals surface area contributed by atoms with E-state index in [1.165, 1.54) is 0 Å². The third kappa shape index (κ3) is 3.08. The summed E-state index contributed by atoms with van der Waals surface area (Å²) >= 11 is 0. The van der Waals surface area contributed by atoms with E-state index < -0.39 is 0 Å². The maximum atomic E-state index is 10.9. The number of fused-ring (bicyclic) bond motifs is 2. The van der Waals surface area contributed by atoms with Crippen LogP contribution in [0.4, 0.5) is 0 Å². The quantitative estimate of drug-likeness (QED) is 0.322. The first-order chi connectivity index (χ1) is 16.2. The highest BCUT2D eigenvalue weighted by Gasteiger charge is 2.19. The summed E-state index contributed by atoms with van der Waals surface area (Å²) in [6.45, 7) is 0. The molecule has 4 aromatic carbocycles. The number of aromatic amines is 2. The second-order valence-electron chi connectivity index (χ2n) is 7.81. The smallest absolute Gasteiger partial charge is 0.120 e. The molecule has 0 atom stereocenters. The molecule has 0 aliphatic rings. The van der Waals surface area contributed by atoms with Crippen LogP contribution in [0.25, 0.3) is 44.3 Å². The summed E-state index contributed by atoms with van der Waals surface area (Å²) in [7, 11) is 0. The predicted octanol–water partition coefficient (Wildman–Crippen LogP) is 4.57. The summed E-state index contributed by atoms with van der Waals surface area (Å²) in [5.74, 6) is 0.281. The largest absolute Gasteiger partial charge is 0.508 e. The average molecular weight is 434 g/mol. The van der Waals surface area contributed by atoms with Crippen molar-refractivity contribution in [2.24, 2.45) is 0 Å². The van der Waals surface area contributed by atoms with Crippen LogP contribution in [0.2, 0.25) is 0 Å². The van der Waals surface area contributed by atoms with Crippen molar-refractivity contribution in [3.05, 3.63) is 83.9 Å². The minimum atomic E-state index is 0.141. The zero-order valence-electron chi connectivity index (χ0n) is 17.3. The lowest BCUT2D eigenvalue weighted by Gasteiger charge is -2.16. The standard InChI is InChI=1S/C25H18N6O2/c32-22-11-3-5-14(16-7-1-9-20-24(16)28-30-26-20)18(22)13-19-15(6-4-12-23(19)33)17-8-2-10-21-25(17)29-31-27-21/h1-12,32-33H,13H2,(H,26,28,30)(H,27,29,31). The molecule has 6 aromatic rings. The Morgan fingerprint density at radius 1 is 0.545 bits per heavy atom. The van der Waals surface area contributed by atoms with Gasteiger partial charge in [-0.2, -0.15) is 0 Å². The van der Waals surface area contributed by atoms with E-state index in [4.69, 9.17) is 0 Å². The van der Waals surface area contributed by atoms with E-state index in [9.17, 15) is 10.2 Å². The minimum Gasteiger partial charge on any atom is -0.508 e. The molecule has 160 valence electrons. The zero-order chi connectivity index (χ0) is 22.4. The highest BCUT2D eigenvalue weighted by Crippen LogP contribution is 2.40. The number of hydrogen-bond donors (Lipinski definition) is 4. The summed E-state index contributed by atoms with van der Waals surface area (Å²) < 4.78 is 0. The molecular weight excluding hydrogens is 416 g/mol. The van der Waals surface area contributed by atoms with Gasteiger partial charge in [0, 0.05) is 28.7 Å². The molecule has 0 unspecified atom stereocenters.